The van der Waals surface area contributed by atoms with Gasteiger partial charge in [-0.1, -0.05) is 47.5 Å². The fraction of sp³-hybridized carbons (Fsp3) is 0.120. The van der Waals surface area contributed by atoms with Crippen LogP contribution in [0.1, 0.15) is 22.3 Å². The number of benzene rings is 3. The highest BCUT2D eigenvalue weighted by Gasteiger charge is 2.26. The summed E-state index contributed by atoms with van der Waals surface area (Å²) in [5, 5.41) is 11.4. The van der Waals surface area contributed by atoms with Gasteiger partial charge in [-0.3, -0.25) is 10.1 Å². The molecule has 0 N–H and O–H groups in total. The van der Waals surface area contributed by atoms with Gasteiger partial charge in [0.1, 0.15) is 11.6 Å². The van der Waals surface area contributed by atoms with Gasteiger partial charge < -0.3 is 14.2 Å². The van der Waals surface area contributed by atoms with E-state index in [1.807, 2.05) is 31.2 Å². The van der Waals surface area contributed by atoms with E-state index >= 15 is 0 Å². The standard InChI is InChI=1S/C25H18Cl2N2O6/c1-14-5-3-4-6-17(14)13-34-23-19(27)9-15(11-22(23)33-2)10-20-25(30)35-24(28-20)16-7-8-18(26)21(12-16)29(31)32/h3-12H,13H2,1-2H3/b20-10-. The average molecular weight is 513 g/mol. The fourth-order valence-corrected chi connectivity index (χ4v) is 3.82. The number of aryl methyl sites for hydroxylation is 1. The summed E-state index contributed by atoms with van der Waals surface area (Å²) in [6.07, 6.45) is 1.47. The minimum atomic E-state index is -0.715. The lowest BCUT2D eigenvalue weighted by atomic mass is 10.1. The molecule has 8 nitrogen and oxygen atoms in total. The second-order valence-electron chi connectivity index (χ2n) is 7.51. The third kappa shape index (κ3) is 5.29. The number of nitro groups is 1. The highest BCUT2D eigenvalue weighted by molar-refractivity contribution is 6.33. The smallest absolute Gasteiger partial charge is 0.363 e. The van der Waals surface area contributed by atoms with Gasteiger partial charge in [0.25, 0.3) is 5.69 Å². The molecule has 0 saturated heterocycles. The molecular weight excluding hydrogens is 495 g/mol. The summed E-state index contributed by atoms with van der Waals surface area (Å²) < 4.78 is 16.6. The molecule has 0 atom stereocenters. The molecule has 0 radical (unpaired) electrons. The molecule has 0 spiro atoms. The Balaban J connectivity index is 1.61. The molecule has 3 aromatic rings. The number of carbonyl (C=O) groups is 1. The molecule has 0 bridgehead atoms. The number of esters is 1. The minimum Gasteiger partial charge on any atom is -0.493 e. The lowest BCUT2D eigenvalue weighted by molar-refractivity contribution is -0.384. The number of carbonyl (C=O) groups excluding carboxylic acids is 1. The van der Waals surface area contributed by atoms with E-state index in [0.29, 0.717) is 23.7 Å². The van der Waals surface area contributed by atoms with E-state index in [0.717, 1.165) is 11.1 Å². The summed E-state index contributed by atoms with van der Waals surface area (Å²) in [4.78, 5) is 27.1. The molecule has 0 saturated carbocycles. The minimum absolute atomic E-state index is 0.00991. The van der Waals surface area contributed by atoms with Crippen molar-refractivity contribution in [3.63, 3.8) is 0 Å². The quantitative estimate of drug-likeness (QED) is 0.163. The van der Waals surface area contributed by atoms with Crippen molar-refractivity contribution in [2.45, 2.75) is 13.5 Å². The molecule has 0 aromatic heterocycles. The summed E-state index contributed by atoms with van der Waals surface area (Å²) in [5.74, 6) is -0.0436. The van der Waals surface area contributed by atoms with Crippen LogP contribution in [0.3, 0.4) is 0 Å². The molecule has 1 aliphatic heterocycles. The van der Waals surface area contributed by atoms with E-state index in [9.17, 15) is 14.9 Å². The van der Waals surface area contributed by atoms with E-state index in [1.165, 1.54) is 31.4 Å². The first-order valence-corrected chi connectivity index (χ1v) is 11.0. The Hall–Kier alpha value is -3.88. The number of halogens is 2. The Bertz CT molecular complexity index is 1400. The number of methoxy groups -OCH3 is 1. The van der Waals surface area contributed by atoms with Crippen LogP contribution in [-0.2, 0) is 16.1 Å². The summed E-state index contributed by atoms with van der Waals surface area (Å²) in [6.45, 7) is 2.29. The molecule has 3 aromatic carbocycles. The van der Waals surface area contributed by atoms with Gasteiger partial charge in [-0.05, 0) is 54.0 Å². The first-order valence-electron chi connectivity index (χ1n) is 10.3. The van der Waals surface area contributed by atoms with Crippen LogP contribution in [0.5, 0.6) is 11.5 Å². The van der Waals surface area contributed by atoms with Crippen molar-refractivity contribution in [3.05, 3.63) is 103 Å². The molecule has 4 rings (SSSR count). The number of rotatable bonds is 7. The van der Waals surface area contributed by atoms with E-state index in [-0.39, 0.29) is 32.9 Å². The van der Waals surface area contributed by atoms with Gasteiger partial charge in [-0.2, -0.15) is 0 Å². The second-order valence-corrected chi connectivity index (χ2v) is 8.32. The highest BCUT2D eigenvalue weighted by Crippen LogP contribution is 2.38. The third-order valence-corrected chi connectivity index (χ3v) is 5.80. The largest absolute Gasteiger partial charge is 0.493 e. The van der Waals surface area contributed by atoms with Gasteiger partial charge in [0.05, 0.1) is 17.1 Å². The Labute approximate surface area is 210 Å². The molecule has 35 heavy (non-hydrogen) atoms. The first-order chi connectivity index (χ1) is 16.8. The van der Waals surface area contributed by atoms with Crippen molar-refractivity contribution in [2.75, 3.05) is 7.11 Å². The highest BCUT2D eigenvalue weighted by atomic mass is 35.5. The van der Waals surface area contributed by atoms with Gasteiger partial charge >= 0.3 is 5.97 Å². The van der Waals surface area contributed by atoms with Crippen molar-refractivity contribution in [1.29, 1.82) is 0 Å². The van der Waals surface area contributed by atoms with Crippen molar-refractivity contribution >= 4 is 46.8 Å². The predicted octanol–water partition coefficient (Wildman–Crippen LogP) is 6.14. The SMILES string of the molecule is COc1cc(/C=C2\N=C(c3ccc(Cl)c([N+](=O)[O-])c3)OC2=O)cc(Cl)c1OCc1ccccc1C. The summed E-state index contributed by atoms with van der Waals surface area (Å²) in [6, 6.07) is 15.1. The topological polar surface area (TPSA) is 100 Å². The van der Waals surface area contributed by atoms with Gasteiger partial charge in [-0.15, -0.1) is 0 Å². The molecule has 178 valence electrons. The van der Waals surface area contributed by atoms with Crippen LogP contribution in [0.15, 0.2) is 65.3 Å². The van der Waals surface area contributed by atoms with Crippen LogP contribution in [0.4, 0.5) is 5.69 Å². The van der Waals surface area contributed by atoms with Crippen molar-refractivity contribution in [2.24, 2.45) is 4.99 Å². The molecule has 1 aliphatic rings. The lowest BCUT2D eigenvalue weighted by Gasteiger charge is -2.14. The van der Waals surface area contributed by atoms with Crippen LogP contribution in [-0.4, -0.2) is 23.9 Å². The summed E-state index contributed by atoms with van der Waals surface area (Å²) >= 11 is 12.3. The van der Waals surface area contributed by atoms with E-state index in [2.05, 4.69) is 4.99 Å². The average Bonchev–Trinajstić information content (AvgIpc) is 3.19. The number of hydrogen-bond acceptors (Lipinski definition) is 7. The van der Waals surface area contributed by atoms with Crippen LogP contribution in [0.25, 0.3) is 6.08 Å². The first kappa shape index (κ1) is 24.3. The number of aliphatic imine (C=N–C) groups is 1. The van der Waals surface area contributed by atoms with Crippen molar-refractivity contribution < 1.29 is 23.9 Å². The van der Waals surface area contributed by atoms with E-state index in [4.69, 9.17) is 37.4 Å². The summed E-state index contributed by atoms with van der Waals surface area (Å²) in [5.41, 5.74) is 2.53. The molecule has 0 unspecified atom stereocenters. The molecule has 1 heterocycles. The van der Waals surface area contributed by atoms with E-state index < -0.39 is 10.9 Å². The maximum atomic E-state index is 12.4. The monoisotopic (exact) mass is 512 g/mol. The second kappa shape index (κ2) is 10.2. The zero-order valence-electron chi connectivity index (χ0n) is 18.6. The zero-order valence-corrected chi connectivity index (χ0v) is 20.1. The summed E-state index contributed by atoms with van der Waals surface area (Å²) in [7, 11) is 1.48. The normalized spacial score (nSPS) is 14.0. The third-order valence-electron chi connectivity index (χ3n) is 5.20. The maximum Gasteiger partial charge on any atom is 0.363 e. The van der Waals surface area contributed by atoms with E-state index in [1.54, 1.807) is 12.1 Å². The number of nitro benzene ring substituents is 1. The molecule has 10 heteroatoms. The van der Waals surface area contributed by atoms with Gasteiger partial charge in [0.15, 0.2) is 17.2 Å². The number of cyclic esters (lactones) is 1. The number of hydrogen-bond donors (Lipinski definition) is 0. The fourth-order valence-electron chi connectivity index (χ4n) is 3.36. The lowest BCUT2D eigenvalue weighted by Crippen LogP contribution is -2.06. The van der Waals surface area contributed by atoms with Gasteiger partial charge in [0, 0.05) is 11.6 Å². The molecule has 0 fully saturated rings. The molecular formula is C25H18Cl2N2O6. The van der Waals surface area contributed by atoms with Crippen LogP contribution >= 0.6 is 23.2 Å². The van der Waals surface area contributed by atoms with Crippen molar-refractivity contribution in [1.82, 2.24) is 0 Å². The zero-order chi connectivity index (χ0) is 25.1. The number of ether oxygens (including phenoxy) is 3. The van der Waals surface area contributed by atoms with Gasteiger partial charge in [-0.25, -0.2) is 9.79 Å². The van der Waals surface area contributed by atoms with Crippen LogP contribution in [0.2, 0.25) is 10.0 Å². The Morgan fingerprint density at radius 2 is 1.89 bits per heavy atom. The van der Waals surface area contributed by atoms with Crippen LogP contribution < -0.4 is 9.47 Å². The Kier molecular flexibility index (Phi) is 7.04. The Morgan fingerprint density at radius 3 is 2.60 bits per heavy atom. The van der Waals surface area contributed by atoms with Crippen LogP contribution in [0, 0.1) is 17.0 Å². The predicted molar refractivity (Wildman–Crippen MR) is 132 cm³/mol. The molecule has 0 amide bonds. The van der Waals surface area contributed by atoms with Gasteiger partial charge in [0.2, 0.25) is 5.90 Å². The molecule has 0 aliphatic carbocycles. The Morgan fingerprint density at radius 1 is 1.11 bits per heavy atom. The number of nitrogens with zero attached hydrogens (tertiary/aromatic N) is 2. The maximum absolute atomic E-state index is 12.4. The van der Waals surface area contributed by atoms with Crippen molar-refractivity contribution in [3.8, 4) is 11.5 Å².